The number of nitrogen functional groups attached to an aromatic ring is 1. The number of H-pyrrole nitrogens is 1. The Morgan fingerprint density at radius 1 is 1.50 bits per heavy atom. The van der Waals surface area contributed by atoms with Crippen molar-refractivity contribution in [2.24, 2.45) is 0 Å². The van der Waals surface area contributed by atoms with E-state index >= 15 is 0 Å². The maximum atomic E-state index is 5.49. The van der Waals surface area contributed by atoms with Crippen LogP contribution in [0.15, 0.2) is 17.5 Å². The van der Waals surface area contributed by atoms with Gasteiger partial charge < -0.3 is 5.73 Å². The number of hydrogen-bond donors (Lipinski definition) is 2. The number of nitrogens with zero attached hydrogens (tertiary/aromatic N) is 1. The van der Waals surface area contributed by atoms with Gasteiger partial charge in [0.25, 0.3) is 0 Å². The molecule has 0 amide bonds. The van der Waals surface area contributed by atoms with E-state index < -0.39 is 0 Å². The lowest BCUT2D eigenvalue weighted by Crippen LogP contribution is -1.81. The van der Waals surface area contributed by atoms with Gasteiger partial charge in [-0.3, -0.25) is 5.10 Å². The monoisotopic (exact) mass is 179 g/mol. The molecule has 12 heavy (non-hydrogen) atoms. The lowest BCUT2D eigenvalue weighted by Gasteiger charge is -1.86. The minimum atomic E-state index is 0.538. The summed E-state index contributed by atoms with van der Waals surface area (Å²) in [6.07, 6.45) is 0. The molecule has 2 rings (SSSR count). The van der Waals surface area contributed by atoms with E-state index in [2.05, 4.69) is 28.6 Å². The van der Waals surface area contributed by atoms with Gasteiger partial charge in [-0.1, -0.05) is 0 Å². The van der Waals surface area contributed by atoms with E-state index in [0.29, 0.717) is 5.82 Å². The normalized spacial score (nSPS) is 10.4. The van der Waals surface area contributed by atoms with Crippen LogP contribution in [0.25, 0.3) is 10.6 Å². The summed E-state index contributed by atoms with van der Waals surface area (Å²) in [7, 11) is 0. The van der Waals surface area contributed by atoms with Gasteiger partial charge in [0.1, 0.15) is 5.82 Å². The molecule has 0 bridgehead atoms. The van der Waals surface area contributed by atoms with E-state index in [9.17, 15) is 0 Å². The van der Waals surface area contributed by atoms with Gasteiger partial charge in [-0.15, -0.1) is 11.3 Å². The van der Waals surface area contributed by atoms with Gasteiger partial charge >= 0.3 is 0 Å². The van der Waals surface area contributed by atoms with Crippen molar-refractivity contribution in [3.8, 4) is 10.6 Å². The Morgan fingerprint density at radius 3 is 2.83 bits per heavy atom. The van der Waals surface area contributed by atoms with Crippen LogP contribution in [0.4, 0.5) is 5.82 Å². The van der Waals surface area contributed by atoms with Crippen LogP contribution in [0.3, 0.4) is 0 Å². The van der Waals surface area contributed by atoms with E-state index in [1.807, 2.05) is 6.07 Å². The Hall–Kier alpha value is -1.29. The standard InChI is InChI=1S/C8H9N3S/c1-5-2-7(12-4-5)6-3-8(9)11-10-6/h2-4H,1H3,(H3,9,10,11). The van der Waals surface area contributed by atoms with Crippen LogP contribution in [-0.2, 0) is 0 Å². The van der Waals surface area contributed by atoms with E-state index in [0.717, 1.165) is 5.69 Å². The lowest BCUT2D eigenvalue weighted by atomic mass is 10.3. The molecule has 62 valence electrons. The fourth-order valence-electron chi connectivity index (χ4n) is 1.04. The first-order chi connectivity index (χ1) is 5.75. The number of aromatic nitrogens is 2. The summed E-state index contributed by atoms with van der Waals surface area (Å²) in [5.74, 6) is 0.538. The molecule has 3 N–H and O–H groups in total. The topological polar surface area (TPSA) is 54.7 Å². The van der Waals surface area contributed by atoms with Gasteiger partial charge in [0.15, 0.2) is 0 Å². The summed E-state index contributed by atoms with van der Waals surface area (Å²) in [4.78, 5) is 1.18. The van der Waals surface area contributed by atoms with Crippen LogP contribution in [0.1, 0.15) is 5.56 Å². The van der Waals surface area contributed by atoms with Crippen LogP contribution in [0, 0.1) is 6.92 Å². The molecule has 2 aromatic heterocycles. The average molecular weight is 179 g/mol. The van der Waals surface area contributed by atoms with Crippen molar-refractivity contribution in [2.75, 3.05) is 5.73 Å². The molecule has 0 spiro atoms. The van der Waals surface area contributed by atoms with Crippen LogP contribution in [0.5, 0.6) is 0 Å². The molecular weight excluding hydrogens is 170 g/mol. The van der Waals surface area contributed by atoms with Gasteiger partial charge in [-0.05, 0) is 23.9 Å². The number of nitrogens with one attached hydrogen (secondary N) is 1. The number of aromatic amines is 1. The zero-order valence-electron chi connectivity index (χ0n) is 6.66. The summed E-state index contributed by atoms with van der Waals surface area (Å²) in [5.41, 5.74) is 7.74. The number of rotatable bonds is 1. The third-order valence-electron chi connectivity index (χ3n) is 1.59. The molecule has 0 atom stereocenters. The lowest BCUT2D eigenvalue weighted by molar-refractivity contribution is 1.11. The molecule has 0 radical (unpaired) electrons. The predicted octanol–water partition coefficient (Wildman–Crippen LogP) is 2.03. The van der Waals surface area contributed by atoms with Crippen molar-refractivity contribution in [3.63, 3.8) is 0 Å². The Morgan fingerprint density at radius 2 is 2.33 bits per heavy atom. The van der Waals surface area contributed by atoms with Crippen molar-refractivity contribution < 1.29 is 0 Å². The molecule has 4 heteroatoms. The van der Waals surface area contributed by atoms with Crippen LogP contribution in [-0.4, -0.2) is 10.2 Å². The van der Waals surface area contributed by atoms with E-state index in [1.54, 1.807) is 11.3 Å². The van der Waals surface area contributed by atoms with Gasteiger partial charge in [0, 0.05) is 6.07 Å². The smallest absolute Gasteiger partial charge is 0.145 e. The maximum absolute atomic E-state index is 5.49. The molecule has 0 aliphatic rings. The fraction of sp³-hybridized carbons (Fsp3) is 0.125. The van der Waals surface area contributed by atoms with Gasteiger partial charge in [-0.25, -0.2) is 0 Å². The van der Waals surface area contributed by atoms with E-state index in [4.69, 9.17) is 5.73 Å². The van der Waals surface area contributed by atoms with Gasteiger partial charge in [0.2, 0.25) is 0 Å². The van der Waals surface area contributed by atoms with Gasteiger partial charge in [0.05, 0.1) is 10.6 Å². The molecule has 0 aliphatic heterocycles. The summed E-state index contributed by atoms with van der Waals surface area (Å²) < 4.78 is 0. The van der Waals surface area contributed by atoms with Crippen LogP contribution >= 0.6 is 11.3 Å². The maximum Gasteiger partial charge on any atom is 0.145 e. The minimum Gasteiger partial charge on any atom is -0.382 e. The number of thiophene rings is 1. The molecule has 0 saturated heterocycles. The first kappa shape index (κ1) is 7.36. The van der Waals surface area contributed by atoms with Crippen molar-refractivity contribution >= 4 is 17.2 Å². The van der Waals surface area contributed by atoms with Crippen molar-refractivity contribution in [1.82, 2.24) is 10.2 Å². The summed E-state index contributed by atoms with van der Waals surface area (Å²) in [6.45, 7) is 2.07. The summed E-state index contributed by atoms with van der Waals surface area (Å²) >= 11 is 1.69. The zero-order valence-corrected chi connectivity index (χ0v) is 7.48. The minimum absolute atomic E-state index is 0.538. The van der Waals surface area contributed by atoms with Crippen molar-refractivity contribution in [3.05, 3.63) is 23.1 Å². The van der Waals surface area contributed by atoms with Crippen LogP contribution in [0.2, 0.25) is 0 Å². The molecule has 0 saturated carbocycles. The second kappa shape index (κ2) is 2.64. The molecule has 0 aromatic carbocycles. The number of hydrogen-bond acceptors (Lipinski definition) is 3. The van der Waals surface area contributed by atoms with E-state index in [-0.39, 0.29) is 0 Å². The predicted molar refractivity (Wildman–Crippen MR) is 51.1 cm³/mol. The largest absolute Gasteiger partial charge is 0.382 e. The highest BCUT2D eigenvalue weighted by molar-refractivity contribution is 7.13. The Bertz CT molecular complexity index is 350. The first-order valence-electron chi connectivity index (χ1n) is 3.62. The Kier molecular flexibility index (Phi) is 1.62. The summed E-state index contributed by atoms with van der Waals surface area (Å²) in [5, 5.41) is 8.84. The number of nitrogens with two attached hydrogens (primary N) is 1. The van der Waals surface area contributed by atoms with E-state index in [1.165, 1.54) is 10.4 Å². The SMILES string of the molecule is Cc1csc(-c2cc(N)n[nH]2)c1. The molecular formula is C8H9N3S. The zero-order chi connectivity index (χ0) is 8.55. The highest BCUT2D eigenvalue weighted by Crippen LogP contribution is 2.25. The Labute approximate surface area is 74.2 Å². The number of anilines is 1. The third kappa shape index (κ3) is 1.21. The summed E-state index contributed by atoms with van der Waals surface area (Å²) in [6, 6.07) is 3.95. The van der Waals surface area contributed by atoms with Crippen molar-refractivity contribution in [1.29, 1.82) is 0 Å². The fourth-order valence-corrected chi connectivity index (χ4v) is 1.90. The van der Waals surface area contributed by atoms with Crippen LogP contribution < -0.4 is 5.73 Å². The highest BCUT2D eigenvalue weighted by Gasteiger charge is 2.02. The second-order valence-corrected chi connectivity index (χ2v) is 3.61. The highest BCUT2D eigenvalue weighted by atomic mass is 32.1. The molecule has 0 aliphatic carbocycles. The average Bonchev–Trinajstić information content (AvgIpc) is 2.58. The van der Waals surface area contributed by atoms with Gasteiger partial charge in [-0.2, -0.15) is 5.10 Å². The molecule has 2 heterocycles. The first-order valence-corrected chi connectivity index (χ1v) is 4.50. The molecule has 2 aromatic rings. The Balaban J connectivity index is 2.43. The quantitative estimate of drug-likeness (QED) is 0.703. The molecule has 3 nitrogen and oxygen atoms in total. The second-order valence-electron chi connectivity index (χ2n) is 2.69. The molecule has 0 fully saturated rings. The van der Waals surface area contributed by atoms with Crippen molar-refractivity contribution in [2.45, 2.75) is 6.92 Å². The number of aryl methyl sites for hydroxylation is 1. The molecule has 0 unspecified atom stereocenters. The third-order valence-corrected chi connectivity index (χ3v) is 2.68.